The van der Waals surface area contributed by atoms with Crippen molar-refractivity contribution in [3.63, 3.8) is 0 Å². The number of nitrogens with one attached hydrogen (secondary N) is 1. The molecule has 3 aromatic heterocycles. The summed E-state index contributed by atoms with van der Waals surface area (Å²) in [6, 6.07) is 6.96. The van der Waals surface area contributed by atoms with Crippen molar-refractivity contribution in [2.45, 2.75) is 0 Å². The summed E-state index contributed by atoms with van der Waals surface area (Å²) in [6.45, 7) is 0. The highest BCUT2D eigenvalue weighted by molar-refractivity contribution is 6.03. The van der Waals surface area contributed by atoms with E-state index in [1.54, 1.807) is 43.0 Å². The van der Waals surface area contributed by atoms with Crippen molar-refractivity contribution in [3.8, 4) is 0 Å². The average Bonchev–Trinajstić information content (AvgIpc) is 2.81. The number of hydrogen-bond acceptors (Lipinski definition) is 4. The second-order valence-corrected chi connectivity index (χ2v) is 4.09. The fraction of sp³-hybridized carbons (Fsp3) is 0.0769. The molecule has 6 nitrogen and oxygen atoms in total. The molecule has 19 heavy (non-hydrogen) atoms. The Hall–Kier alpha value is -2.76. The third kappa shape index (κ3) is 2.15. The molecule has 0 atom stereocenters. The van der Waals surface area contributed by atoms with Gasteiger partial charge in [0.15, 0.2) is 5.65 Å². The van der Waals surface area contributed by atoms with E-state index in [4.69, 9.17) is 0 Å². The van der Waals surface area contributed by atoms with E-state index in [9.17, 15) is 4.79 Å². The summed E-state index contributed by atoms with van der Waals surface area (Å²) in [7, 11) is 1.87. The number of anilines is 1. The summed E-state index contributed by atoms with van der Waals surface area (Å²) < 4.78 is 1.82. The molecule has 0 unspecified atom stereocenters. The second-order valence-electron chi connectivity index (χ2n) is 4.09. The van der Waals surface area contributed by atoms with Crippen LogP contribution in [-0.2, 0) is 7.05 Å². The molecule has 3 heterocycles. The van der Waals surface area contributed by atoms with Crippen molar-refractivity contribution in [1.29, 1.82) is 0 Å². The van der Waals surface area contributed by atoms with Gasteiger partial charge in [0.25, 0.3) is 5.91 Å². The molecule has 0 fully saturated rings. The Bertz CT molecular complexity index is 735. The van der Waals surface area contributed by atoms with Crippen molar-refractivity contribution >= 4 is 22.8 Å². The van der Waals surface area contributed by atoms with E-state index in [-0.39, 0.29) is 5.91 Å². The fourth-order valence-electron chi connectivity index (χ4n) is 1.78. The lowest BCUT2D eigenvalue weighted by atomic mass is 10.3. The number of aryl methyl sites for hydroxylation is 1. The van der Waals surface area contributed by atoms with Gasteiger partial charge in [0.1, 0.15) is 11.2 Å². The Balaban J connectivity index is 1.87. The number of hydrogen-bond donors (Lipinski definition) is 1. The van der Waals surface area contributed by atoms with Gasteiger partial charge in [-0.05, 0) is 18.2 Å². The molecule has 1 amide bonds. The Labute approximate surface area is 109 Å². The van der Waals surface area contributed by atoms with Gasteiger partial charge in [-0.2, -0.15) is 0 Å². The minimum Gasteiger partial charge on any atom is -0.319 e. The lowest BCUT2D eigenvalue weighted by Gasteiger charge is -2.04. The first kappa shape index (κ1) is 11.3. The van der Waals surface area contributed by atoms with E-state index in [0.29, 0.717) is 11.4 Å². The number of pyridine rings is 2. The lowest BCUT2D eigenvalue weighted by molar-refractivity contribution is 0.102. The van der Waals surface area contributed by atoms with Gasteiger partial charge in [-0.25, -0.2) is 9.97 Å². The molecular weight excluding hydrogens is 242 g/mol. The maximum absolute atomic E-state index is 11.9. The molecule has 0 spiro atoms. The Kier molecular flexibility index (Phi) is 2.68. The number of amides is 1. The van der Waals surface area contributed by atoms with Crippen LogP contribution in [0.2, 0.25) is 0 Å². The third-order valence-corrected chi connectivity index (χ3v) is 2.71. The molecule has 3 rings (SSSR count). The molecular formula is C13H11N5O. The predicted molar refractivity (Wildman–Crippen MR) is 70.7 cm³/mol. The summed E-state index contributed by atoms with van der Waals surface area (Å²) >= 11 is 0. The number of carbonyl (C=O) groups excluding carboxylic acids is 1. The van der Waals surface area contributed by atoms with E-state index >= 15 is 0 Å². The monoisotopic (exact) mass is 253 g/mol. The summed E-state index contributed by atoms with van der Waals surface area (Å²) in [6.07, 6.45) is 4.86. The second kappa shape index (κ2) is 4.49. The van der Waals surface area contributed by atoms with Gasteiger partial charge in [0, 0.05) is 13.2 Å². The molecule has 94 valence electrons. The summed E-state index contributed by atoms with van der Waals surface area (Å²) in [5, 5.41) is 2.75. The van der Waals surface area contributed by atoms with Crippen molar-refractivity contribution in [2.75, 3.05) is 5.32 Å². The Morgan fingerprint density at radius 3 is 2.95 bits per heavy atom. The van der Waals surface area contributed by atoms with Crippen molar-refractivity contribution < 1.29 is 4.79 Å². The van der Waals surface area contributed by atoms with E-state index in [0.717, 1.165) is 11.2 Å². The highest BCUT2D eigenvalue weighted by Crippen LogP contribution is 2.14. The fourth-order valence-corrected chi connectivity index (χ4v) is 1.78. The molecule has 0 aliphatic heterocycles. The van der Waals surface area contributed by atoms with Crippen LogP contribution in [0.5, 0.6) is 0 Å². The van der Waals surface area contributed by atoms with Crippen LogP contribution in [0, 0.1) is 0 Å². The molecule has 3 aromatic rings. The van der Waals surface area contributed by atoms with Crippen LogP contribution in [0.25, 0.3) is 11.2 Å². The van der Waals surface area contributed by atoms with Crippen LogP contribution >= 0.6 is 0 Å². The summed E-state index contributed by atoms with van der Waals surface area (Å²) in [4.78, 5) is 24.4. The third-order valence-electron chi connectivity index (χ3n) is 2.71. The van der Waals surface area contributed by atoms with Gasteiger partial charge < -0.3 is 9.88 Å². The number of rotatable bonds is 2. The van der Waals surface area contributed by atoms with Crippen LogP contribution in [-0.4, -0.2) is 25.4 Å². The number of imidazole rings is 1. The Morgan fingerprint density at radius 2 is 2.16 bits per heavy atom. The minimum atomic E-state index is -0.266. The highest BCUT2D eigenvalue weighted by Gasteiger charge is 2.08. The van der Waals surface area contributed by atoms with Crippen molar-refractivity contribution in [1.82, 2.24) is 19.5 Å². The standard InChI is InChI=1S/C13H11N5O/c1-18-8-16-11-6-9(7-15-12(11)18)17-13(19)10-4-2-3-5-14-10/h2-8H,1H3,(H,17,19). The van der Waals surface area contributed by atoms with Gasteiger partial charge in [-0.15, -0.1) is 0 Å². The number of fused-ring (bicyclic) bond motifs is 1. The first-order chi connectivity index (χ1) is 9.24. The zero-order valence-corrected chi connectivity index (χ0v) is 10.2. The van der Waals surface area contributed by atoms with Crippen LogP contribution in [0.4, 0.5) is 5.69 Å². The molecule has 0 aliphatic rings. The molecule has 0 radical (unpaired) electrons. The number of nitrogens with zero attached hydrogens (tertiary/aromatic N) is 4. The van der Waals surface area contributed by atoms with E-state index in [1.165, 1.54) is 0 Å². The van der Waals surface area contributed by atoms with E-state index in [1.807, 2.05) is 11.6 Å². The Morgan fingerprint density at radius 1 is 1.26 bits per heavy atom. The predicted octanol–water partition coefficient (Wildman–Crippen LogP) is 1.62. The van der Waals surface area contributed by atoms with Crippen molar-refractivity contribution in [2.24, 2.45) is 7.05 Å². The first-order valence-electron chi connectivity index (χ1n) is 5.73. The molecule has 0 aromatic carbocycles. The summed E-state index contributed by atoms with van der Waals surface area (Å²) in [5.74, 6) is -0.266. The first-order valence-corrected chi connectivity index (χ1v) is 5.73. The average molecular weight is 253 g/mol. The minimum absolute atomic E-state index is 0.266. The lowest BCUT2D eigenvalue weighted by Crippen LogP contribution is -2.13. The van der Waals surface area contributed by atoms with Gasteiger partial charge in [0.05, 0.1) is 18.2 Å². The van der Waals surface area contributed by atoms with E-state index in [2.05, 4.69) is 20.3 Å². The molecule has 0 saturated heterocycles. The SMILES string of the molecule is Cn1cnc2cc(NC(=O)c3ccccn3)cnc21. The molecule has 0 bridgehead atoms. The number of carbonyl (C=O) groups is 1. The molecule has 0 saturated carbocycles. The maximum atomic E-state index is 11.9. The van der Waals surface area contributed by atoms with Crippen LogP contribution in [0.15, 0.2) is 43.0 Å². The van der Waals surface area contributed by atoms with Crippen LogP contribution < -0.4 is 5.32 Å². The molecule has 0 aliphatic carbocycles. The topological polar surface area (TPSA) is 72.7 Å². The highest BCUT2D eigenvalue weighted by atomic mass is 16.1. The molecule has 6 heteroatoms. The van der Waals surface area contributed by atoms with Crippen molar-refractivity contribution in [3.05, 3.63) is 48.7 Å². The zero-order valence-electron chi connectivity index (χ0n) is 10.2. The van der Waals surface area contributed by atoms with Gasteiger partial charge in [0.2, 0.25) is 0 Å². The number of aromatic nitrogens is 4. The normalized spacial score (nSPS) is 10.6. The maximum Gasteiger partial charge on any atom is 0.274 e. The zero-order chi connectivity index (χ0) is 13.2. The quantitative estimate of drug-likeness (QED) is 0.753. The van der Waals surface area contributed by atoms with Gasteiger partial charge >= 0.3 is 0 Å². The van der Waals surface area contributed by atoms with Gasteiger partial charge in [-0.1, -0.05) is 6.07 Å². The van der Waals surface area contributed by atoms with Crippen LogP contribution in [0.3, 0.4) is 0 Å². The largest absolute Gasteiger partial charge is 0.319 e. The smallest absolute Gasteiger partial charge is 0.274 e. The van der Waals surface area contributed by atoms with Gasteiger partial charge in [-0.3, -0.25) is 9.78 Å². The summed E-state index contributed by atoms with van der Waals surface area (Å²) in [5.41, 5.74) is 2.47. The van der Waals surface area contributed by atoms with E-state index < -0.39 is 0 Å². The molecule has 1 N–H and O–H groups in total. The van der Waals surface area contributed by atoms with Crippen LogP contribution in [0.1, 0.15) is 10.5 Å².